The first-order valence-electron chi connectivity index (χ1n) is 9.53. The molecule has 0 heterocycles. The van der Waals surface area contributed by atoms with Crippen molar-refractivity contribution in [1.29, 1.82) is 0 Å². The van der Waals surface area contributed by atoms with Crippen LogP contribution in [0.25, 0.3) is 0 Å². The van der Waals surface area contributed by atoms with Gasteiger partial charge in [0.15, 0.2) is 0 Å². The van der Waals surface area contributed by atoms with Crippen LogP contribution in [-0.2, 0) is 5.41 Å². The quantitative estimate of drug-likeness (QED) is 0.580. The van der Waals surface area contributed by atoms with Gasteiger partial charge in [-0.15, -0.1) is 0 Å². The highest BCUT2D eigenvalue weighted by Crippen LogP contribution is 2.37. The molecule has 1 aromatic carbocycles. The van der Waals surface area contributed by atoms with Crippen molar-refractivity contribution in [2.45, 2.75) is 65.3 Å². The minimum atomic E-state index is 0.150. The van der Waals surface area contributed by atoms with Crippen molar-refractivity contribution in [3.63, 3.8) is 0 Å². The number of allylic oxidation sites excluding steroid dienone is 5. The lowest BCUT2D eigenvalue weighted by molar-refractivity contribution is 0.217. The summed E-state index contributed by atoms with van der Waals surface area (Å²) in [4.78, 5) is 2.31. The molecule has 1 heteroatoms. The lowest BCUT2D eigenvalue weighted by atomic mass is 9.70. The first-order valence-corrected chi connectivity index (χ1v) is 9.53. The third-order valence-corrected chi connectivity index (χ3v) is 6.16. The van der Waals surface area contributed by atoms with Gasteiger partial charge in [-0.1, -0.05) is 68.8 Å². The Morgan fingerprint density at radius 2 is 1.76 bits per heavy atom. The molecule has 1 unspecified atom stereocenters. The molecule has 25 heavy (non-hydrogen) atoms. The number of benzene rings is 1. The summed E-state index contributed by atoms with van der Waals surface area (Å²) in [6.45, 7) is 13.7. The summed E-state index contributed by atoms with van der Waals surface area (Å²) >= 11 is 0. The third-order valence-electron chi connectivity index (χ3n) is 6.16. The minimum Gasteiger partial charge on any atom is -0.375 e. The first-order chi connectivity index (χ1) is 11.7. The van der Waals surface area contributed by atoms with Gasteiger partial charge in [0, 0.05) is 12.6 Å². The number of nitrogens with zero attached hydrogens (tertiary/aromatic N) is 1. The molecule has 1 nitrogen and oxygen atoms in total. The molecular weight excluding hydrogens is 302 g/mol. The second-order valence-corrected chi connectivity index (χ2v) is 8.59. The summed E-state index contributed by atoms with van der Waals surface area (Å²) < 4.78 is 0. The molecule has 0 spiro atoms. The van der Waals surface area contributed by atoms with Crippen molar-refractivity contribution in [2.24, 2.45) is 5.92 Å². The summed E-state index contributed by atoms with van der Waals surface area (Å²) in [6.07, 6.45) is 13.7. The van der Waals surface area contributed by atoms with E-state index in [0.717, 1.165) is 12.8 Å². The number of hydrogen-bond acceptors (Lipinski definition) is 1. The van der Waals surface area contributed by atoms with Crippen LogP contribution in [0.4, 0.5) is 0 Å². The SMILES string of the molecule is CCC(C)(C)N(C)/C=C\C1=CCC(C(C)(C)c2ccc(C)cc2)C=C1. The largest absolute Gasteiger partial charge is 0.375 e. The Hall–Kier alpha value is -1.76. The Bertz CT molecular complexity index is 656. The van der Waals surface area contributed by atoms with Crippen molar-refractivity contribution in [1.82, 2.24) is 4.90 Å². The van der Waals surface area contributed by atoms with E-state index < -0.39 is 0 Å². The predicted octanol–water partition coefficient (Wildman–Crippen LogP) is 6.41. The summed E-state index contributed by atoms with van der Waals surface area (Å²) in [6, 6.07) is 9.01. The second kappa shape index (κ2) is 7.64. The highest BCUT2D eigenvalue weighted by Gasteiger charge is 2.29. The maximum absolute atomic E-state index is 2.39. The van der Waals surface area contributed by atoms with E-state index in [9.17, 15) is 0 Å². The molecule has 2 rings (SSSR count). The summed E-state index contributed by atoms with van der Waals surface area (Å²) in [7, 11) is 2.16. The van der Waals surface area contributed by atoms with Gasteiger partial charge in [0.1, 0.15) is 0 Å². The van der Waals surface area contributed by atoms with Gasteiger partial charge >= 0.3 is 0 Å². The summed E-state index contributed by atoms with van der Waals surface area (Å²) in [5.74, 6) is 0.539. The van der Waals surface area contributed by atoms with Crippen LogP contribution in [0.2, 0.25) is 0 Å². The molecule has 0 aromatic heterocycles. The van der Waals surface area contributed by atoms with Crippen LogP contribution in [0.1, 0.15) is 58.6 Å². The van der Waals surface area contributed by atoms with Crippen LogP contribution in [-0.4, -0.2) is 17.5 Å². The predicted molar refractivity (Wildman–Crippen MR) is 111 cm³/mol. The minimum absolute atomic E-state index is 0.150. The van der Waals surface area contributed by atoms with Crippen LogP contribution >= 0.6 is 0 Å². The zero-order valence-corrected chi connectivity index (χ0v) is 17.1. The fourth-order valence-electron chi connectivity index (χ4n) is 3.14. The normalized spacial score (nSPS) is 18.5. The van der Waals surface area contributed by atoms with E-state index in [1.54, 1.807) is 0 Å². The highest BCUT2D eigenvalue weighted by molar-refractivity contribution is 5.37. The van der Waals surface area contributed by atoms with Gasteiger partial charge in [0.05, 0.1) is 0 Å². The molecule has 1 atom stereocenters. The lowest BCUT2D eigenvalue weighted by Crippen LogP contribution is -2.36. The van der Waals surface area contributed by atoms with Crippen LogP contribution < -0.4 is 0 Å². The Morgan fingerprint density at radius 3 is 2.28 bits per heavy atom. The first kappa shape index (κ1) is 19.6. The Morgan fingerprint density at radius 1 is 1.12 bits per heavy atom. The van der Waals surface area contributed by atoms with Gasteiger partial charge in [-0.2, -0.15) is 0 Å². The van der Waals surface area contributed by atoms with Crippen molar-refractivity contribution >= 4 is 0 Å². The van der Waals surface area contributed by atoms with Gasteiger partial charge in [-0.3, -0.25) is 0 Å². The van der Waals surface area contributed by atoms with E-state index in [4.69, 9.17) is 0 Å². The Balaban J connectivity index is 2.05. The zero-order chi connectivity index (χ0) is 18.7. The van der Waals surface area contributed by atoms with Crippen LogP contribution in [0.3, 0.4) is 0 Å². The Labute approximate surface area is 155 Å². The molecule has 0 radical (unpaired) electrons. The van der Waals surface area contributed by atoms with Gasteiger partial charge < -0.3 is 4.90 Å². The fourth-order valence-corrected chi connectivity index (χ4v) is 3.14. The second-order valence-electron chi connectivity index (χ2n) is 8.59. The van der Waals surface area contributed by atoms with Crippen LogP contribution in [0, 0.1) is 12.8 Å². The monoisotopic (exact) mass is 337 g/mol. The average Bonchev–Trinajstić information content (AvgIpc) is 2.60. The molecule has 0 bridgehead atoms. The van der Waals surface area contributed by atoms with E-state index in [1.807, 2.05) is 0 Å². The van der Waals surface area contributed by atoms with Crippen molar-refractivity contribution in [2.75, 3.05) is 7.05 Å². The molecule has 0 amide bonds. The van der Waals surface area contributed by atoms with E-state index in [-0.39, 0.29) is 11.0 Å². The molecule has 1 aromatic rings. The van der Waals surface area contributed by atoms with E-state index >= 15 is 0 Å². The maximum Gasteiger partial charge on any atom is 0.0334 e. The smallest absolute Gasteiger partial charge is 0.0334 e. The molecule has 0 aliphatic heterocycles. The third kappa shape index (κ3) is 4.66. The zero-order valence-electron chi connectivity index (χ0n) is 17.1. The number of rotatable bonds is 6. The van der Waals surface area contributed by atoms with E-state index in [1.165, 1.54) is 16.7 Å². The van der Waals surface area contributed by atoms with Gasteiger partial charge in [-0.05, 0) is 68.4 Å². The van der Waals surface area contributed by atoms with Gasteiger partial charge in [0.2, 0.25) is 0 Å². The summed E-state index contributed by atoms with van der Waals surface area (Å²) in [5.41, 5.74) is 4.41. The summed E-state index contributed by atoms with van der Waals surface area (Å²) in [5, 5.41) is 0. The maximum atomic E-state index is 2.39. The van der Waals surface area contributed by atoms with Crippen LogP contribution in [0.5, 0.6) is 0 Å². The molecule has 0 N–H and O–H groups in total. The van der Waals surface area contributed by atoms with Gasteiger partial charge in [0.25, 0.3) is 0 Å². The molecular formula is C24H35N. The fraction of sp³-hybridized carbons (Fsp3) is 0.500. The molecule has 0 saturated carbocycles. The van der Waals surface area contributed by atoms with Crippen molar-refractivity contribution < 1.29 is 0 Å². The molecule has 0 saturated heterocycles. The van der Waals surface area contributed by atoms with E-state index in [0.29, 0.717) is 5.92 Å². The molecule has 136 valence electrons. The van der Waals surface area contributed by atoms with E-state index in [2.05, 4.69) is 108 Å². The molecule has 0 fully saturated rings. The Kier molecular flexibility index (Phi) is 5.98. The van der Waals surface area contributed by atoms with Crippen molar-refractivity contribution in [3.8, 4) is 0 Å². The molecule has 1 aliphatic rings. The van der Waals surface area contributed by atoms with Crippen LogP contribution in [0.15, 0.2) is 60.3 Å². The lowest BCUT2D eigenvalue weighted by Gasteiger charge is -2.35. The number of hydrogen-bond donors (Lipinski definition) is 0. The topological polar surface area (TPSA) is 3.24 Å². The number of aryl methyl sites for hydroxylation is 1. The van der Waals surface area contributed by atoms with Gasteiger partial charge in [-0.25, -0.2) is 0 Å². The standard InChI is InChI=1S/C24H35N/c1-8-23(3,4)25(7)18-17-20-11-15-22(16-12-20)24(5,6)21-13-9-19(2)10-14-21/h9-15,17-18,22H,8,16H2,1-7H3/b18-17-. The average molecular weight is 338 g/mol. The van der Waals surface area contributed by atoms with Crippen molar-refractivity contribution in [3.05, 3.63) is 71.5 Å². The highest BCUT2D eigenvalue weighted by atomic mass is 15.1. The molecule has 1 aliphatic carbocycles.